The van der Waals surface area contributed by atoms with Crippen molar-refractivity contribution in [3.05, 3.63) is 0 Å². The first kappa shape index (κ1) is 84.1. The van der Waals surface area contributed by atoms with E-state index >= 15 is 0 Å². The van der Waals surface area contributed by atoms with Crippen LogP contribution in [0, 0.1) is 23.7 Å². The predicted molar refractivity (Wildman–Crippen MR) is 344 cm³/mol. The summed E-state index contributed by atoms with van der Waals surface area (Å²) in [6, 6.07) is 0. The van der Waals surface area contributed by atoms with Crippen LogP contribution in [0.1, 0.15) is 325 Å². The Labute approximate surface area is 524 Å². The van der Waals surface area contributed by atoms with Crippen molar-refractivity contribution in [2.45, 2.75) is 343 Å². The Morgan fingerprint density at radius 1 is 0.326 bits per heavy atom. The fraction of sp³-hybridized carbons (Fsp3) is 0.940. The first-order chi connectivity index (χ1) is 41.1. The molecule has 0 amide bonds. The first-order valence-electron chi connectivity index (χ1n) is 34.7. The van der Waals surface area contributed by atoms with Crippen LogP contribution in [0.15, 0.2) is 0 Å². The number of carbonyl (C=O) groups excluding carboxylic acids is 4. The number of phosphoric ester groups is 2. The van der Waals surface area contributed by atoms with E-state index in [9.17, 15) is 43.2 Å². The Balaban J connectivity index is 5.24. The molecule has 86 heavy (non-hydrogen) atoms. The summed E-state index contributed by atoms with van der Waals surface area (Å²) in [6.07, 6.45) is 37.8. The normalized spacial score (nSPS) is 14.7. The van der Waals surface area contributed by atoms with Gasteiger partial charge in [0.25, 0.3) is 0 Å². The molecule has 510 valence electrons. The lowest BCUT2D eigenvalue weighted by Gasteiger charge is -2.21. The van der Waals surface area contributed by atoms with Gasteiger partial charge in [0.1, 0.15) is 19.3 Å². The lowest BCUT2D eigenvalue weighted by Crippen LogP contribution is -2.30. The van der Waals surface area contributed by atoms with E-state index in [4.69, 9.17) is 37.0 Å². The Kier molecular flexibility index (Phi) is 55.7. The second-order valence-electron chi connectivity index (χ2n) is 25.9. The van der Waals surface area contributed by atoms with Gasteiger partial charge < -0.3 is 33.8 Å². The number of hydrogen-bond donors (Lipinski definition) is 3. The zero-order chi connectivity index (χ0) is 63.9. The Morgan fingerprint density at radius 3 is 0.826 bits per heavy atom. The van der Waals surface area contributed by atoms with Gasteiger partial charge in [-0.3, -0.25) is 37.3 Å². The van der Waals surface area contributed by atoms with Crippen LogP contribution >= 0.6 is 15.6 Å². The summed E-state index contributed by atoms with van der Waals surface area (Å²) in [7, 11) is -9.89. The predicted octanol–water partition coefficient (Wildman–Crippen LogP) is 18.5. The lowest BCUT2D eigenvalue weighted by molar-refractivity contribution is -0.161. The van der Waals surface area contributed by atoms with E-state index in [-0.39, 0.29) is 25.7 Å². The number of aliphatic hydroxyl groups excluding tert-OH is 1. The smallest absolute Gasteiger partial charge is 0.462 e. The zero-order valence-corrected chi connectivity index (χ0v) is 57.7. The lowest BCUT2D eigenvalue weighted by atomic mass is 9.99. The van der Waals surface area contributed by atoms with Crippen molar-refractivity contribution in [1.29, 1.82) is 0 Å². The summed E-state index contributed by atoms with van der Waals surface area (Å²) in [4.78, 5) is 72.3. The molecule has 0 heterocycles. The third-order valence-electron chi connectivity index (χ3n) is 15.7. The van der Waals surface area contributed by atoms with Gasteiger partial charge >= 0.3 is 39.5 Å². The number of carbonyl (C=O) groups is 4. The van der Waals surface area contributed by atoms with E-state index in [1.54, 1.807) is 0 Å². The van der Waals surface area contributed by atoms with Crippen LogP contribution in [0.4, 0.5) is 0 Å². The molecule has 0 aromatic rings. The van der Waals surface area contributed by atoms with E-state index in [1.165, 1.54) is 122 Å². The van der Waals surface area contributed by atoms with Crippen molar-refractivity contribution in [2.24, 2.45) is 23.7 Å². The van der Waals surface area contributed by atoms with Crippen molar-refractivity contribution >= 4 is 39.5 Å². The van der Waals surface area contributed by atoms with E-state index < -0.39 is 97.5 Å². The molecule has 0 fully saturated rings. The summed E-state index contributed by atoms with van der Waals surface area (Å²) in [5.74, 6) is 0.788. The summed E-state index contributed by atoms with van der Waals surface area (Å²) >= 11 is 0. The molecule has 0 aromatic carbocycles. The molecule has 19 heteroatoms. The Morgan fingerprint density at radius 2 is 0.558 bits per heavy atom. The van der Waals surface area contributed by atoms with E-state index in [0.717, 1.165) is 108 Å². The number of hydrogen-bond acceptors (Lipinski definition) is 15. The molecule has 0 radical (unpaired) electrons. The monoisotopic (exact) mass is 1270 g/mol. The zero-order valence-electron chi connectivity index (χ0n) is 55.9. The average Bonchev–Trinajstić information content (AvgIpc) is 3.50. The van der Waals surface area contributed by atoms with Crippen LogP contribution in [0.25, 0.3) is 0 Å². The SMILES string of the molecule is CCC(C)CCCCCCCCCCC(=O)O[C@H](COC(=O)CCCCCCCCCCCCCCC(C)C)COP(=O)(O)OC[C@@H](O)COP(=O)(O)OC[C@@H](COC(=O)CCCCCCCCC(C)C)OC(=O)CCCCCCCCCC(C)C. The van der Waals surface area contributed by atoms with Gasteiger partial charge in [-0.1, -0.05) is 274 Å². The molecule has 0 aliphatic heterocycles. The molecule has 0 aromatic heterocycles. The number of esters is 4. The molecule has 3 N–H and O–H groups in total. The van der Waals surface area contributed by atoms with Gasteiger partial charge in [-0.05, 0) is 49.4 Å². The quantitative estimate of drug-likeness (QED) is 0.0222. The minimum atomic E-state index is -4.95. The third-order valence-corrected chi connectivity index (χ3v) is 17.6. The molecule has 3 unspecified atom stereocenters. The maximum Gasteiger partial charge on any atom is 0.472 e. The van der Waals surface area contributed by atoms with Gasteiger partial charge in [-0.15, -0.1) is 0 Å². The maximum absolute atomic E-state index is 13.0. The molecular weight excluding hydrogens is 1140 g/mol. The minimum absolute atomic E-state index is 0.102. The number of phosphoric acid groups is 2. The van der Waals surface area contributed by atoms with Crippen LogP contribution in [0.5, 0.6) is 0 Å². The van der Waals surface area contributed by atoms with Crippen LogP contribution in [-0.4, -0.2) is 96.7 Å². The summed E-state index contributed by atoms with van der Waals surface area (Å²) in [6.45, 7) is 14.0. The molecule has 0 spiro atoms. The molecule has 0 rings (SSSR count). The maximum atomic E-state index is 13.0. The average molecular weight is 1270 g/mol. The number of aliphatic hydroxyl groups is 1. The van der Waals surface area contributed by atoms with E-state index in [2.05, 4.69) is 55.4 Å². The van der Waals surface area contributed by atoms with Gasteiger partial charge in [0.2, 0.25) is 0 Å². The van der Waals surface area contributed by atoms with Crippen molar-refractivity contribution in [1.82, 2.24) is 0 Å². The van der Waals surface area contributed by atoms with E-state index in [1.807, 2.05) is 0 Å². The summed E-state index contributed by atoms with van der Waals surface area (Å²) in [5, 5.41) is 10.6. The molecule has 0 saturated carbocycles. The minimum Gasteiger partial charge on any atom is -0.462 e. The first-order valence-corrected chi connectivity index (χ1v) is 37.7. The highest BCUT2D eigenvalue weighted by atomic mass is 31.2. The van der Waals surface area contributed by atoms with Crippen molar-refractivity contribution in [3.8, 4) is 0 Å². The molecule has 6 atom stereocenters. The van der Waals surface area contributed by atoms with Crippen molar-refractivity contribution in [2.75, 3.05) is 39.6 Å². The van der Waals surface area contributed by atoms with Gasteiger partial charge in [0, 0.05) is 25.7 Å². The molecule has 0 bridgehead atoms. The Hall–Kier alpha value is -1.94. The van der Waals surface area contributed by atoms with Gasteiger partial charge in [-0.2, -0.15) is 0 Å². The number of rotatable bonds is 64. The topological polar surface area (TPSA) is 237 Å². The molecule has 17 nitrogen and oxygen atoms in total. The fourth-order valence-electron chi connectivity index (χ4n) is 9.93. The van der Waals surface area contributed by atoms with Crippen molar-refractivity contribution < 1.29 is 80.2 Å². The highest BCUT2D eigenvalue weighted by Gasteiger charge is 2.30. The summed E-state index contributed by atoms with van der Waals surface area (Å²) in [5.41, 5.74) is 0. The van der Waals surface area contributed by atoms with E-state index in [0.29, 0.717) is 37.5 Å². The van der Waals surface area contributed by atoms with Crippen LogP contribution in [0.2, 0.25) is 0 Å². The second kappa shape index (κ2) is 57.0. The van der Waals surface area contributed by atoms with Crippen LogP contribution in [-0.2, 0) is 65.4 Å². The van der Waals surface area contributed by atoms with Gasteiger partial charge in [-0.25, -0.2) is 9.13 Å². The van der Waals surface area contributed by atoms with Gasteiger partial charge in [0.15, 0.2) is 12.2 Å². The third kappa shape index (κ3) is 59.7. The molecule has 0 aliphatic rings. The Bertz CT molecular complexity index is 1720. The standard InChI is InChI=1S/C67H130O17P2/c1-9-60(8)46-38-30-21-16-17-23-33-41-49-66(71)83-62(53-77-64(69)47-39-31-22-15-13-11-10-12-14-19-27-35-43-57(2)3)55-81-85(73,74)79-51-61(68)52-80-86(75,76)82-56-63(54-78-65(70)48-40-32-26-25-29-37-45-59(6)7)84-67(72)50-42-34-24-18-20-28-36-44-58(4)5/h57-63,68H,9-56H2,1-8H3,(H,73,74)(H,75,76)/t60?,61-,62-,63-/m1/s1. The number of ether oxygens (including phenoxy) is 4. The molecule has 0 saturated heterocycles. The second-order valence-corrected chi connectivity index (χ2v) is 28.8. The highest BCUT2D eigenvalue weighted by Crippen LogP contribution is 2.45. The van der Waals surface area contributed by atoms with Gasteiger partial charge in [0.05, 0.1) is 26.4 Å². The van der Waals surface area contributed by atoms with Crippen LogP contribution in [0.3, 0.4) is 0 Å². The van der Waals surface area contributed by atoms with Crippen molar-refractivity contribution in [3.63, 3.8) is 0 Å². The van der Waals surface area contributed by atoms with Crippen LogP contribution < -0.4 is 0 Å². The molecular formula is C67H130O17P2. The summed E-state index contributed by atoms with van der Waals surface area (Å²) < 4.78 is 68.1. The fourth-order valence-corrected chi connectivity index (χ4v) is 11.5. The highest BCUT2D eigenvalue weighted by molar-refractivity contribution is 7.47. The largest absolute Gasteiger partial charge is 0.472 e. The number of unbranched alkanes of at least 4 members (excludes halogenated alkanes) is 29. The molecule has 0 aliphatic carbocycles.